The summed E-state index contributed by atoms with van der Waals surface area (Å²) in [6, 6.07) is 7.19. The summed E-state index contributed by atoms with van der Waals surface area (Å²) in [7, 11) is 1.67. The molecule has 264 valence electrons. The number of piperidine rings is 1. The second-order valence-corrected chi connectivity index (χ2v) is 11.5. The molecule has 0 bridgehead atoms. The van der Waals surface area contributed by atoms with Crippen molar-refractivity contribution in [3.63, 3.8) is 0 Å². The Morgan fingerprint density at radius 3 is 2.27 bits per heavy atom. The van der Waals surface area contributed by atoms with Crippen molar-refractivity contribution in [2.24, 2.45) is 7.05 Å². The molecule has 1 fully saturated rings. The van der Waals surface area contributed by atoms with Crippen molar-refractivity contribution >= 4 is 45.7 Å². The maximum Gasteiger partial charge on any atom is 0.293 e. The summed E-state index contributed by atoms with van der Waals surface area (Å²) < 4.78 is 34.6. The molecule has 48 heavy (non-hydrogen) atoms. The number of nitrogens with one attached hydrogen (secondary N) is 1. The highest BCUT2D eigenvalue weighted by Gasteiger charge is 2.22. The van der Waals surface area contributed by atoms with Crippen LogP contribution in [0.15, 0.2) is 35.3 Å². The lowest BCUT2D eigenvalue weighted by molar-refractivity contribution is -0.120. The quantitative estimate of drug-likeness (QED) is 0.148. The summed E-state index contributed by atoms with van der Waals surface area (Å²) in [6.45, 7) is 7.31. The molecule has 4 rings (SSSR count). The van der Waals surface area contributed by atoms with E-state index in [1.165, 1.54) is 4.57 Å². The first-order chi connectivity index (χ1) is 23.4. The zero-order valence-electron chi connectivity index (χ0n) is 27.7. The van der Waals surface area contributed by atoms with Gasteiger partial charge in [0.2, 0.25) is 5.95 Å². The molecule has 14 nitrogen and oxygen atoms in total. The van der Waals surface area contributed by atoms with Crippen LogP contribution in [0.3, 0.4) is 0 Å². The maximum atomic E-state index is 12.7. The van der Waals surface area contributed by atoms with Crippen molar-refractivity contribution in [2.75, 3.05) is 96.0 Å². The van der Waals surface area contributed by atoms with E-state index < -0.39 is 0 Å². The molecule has 0 radical (unpaired) electrons. The smallest absolute Gasteiger partial charge is 0.293 e. The number of ketones is 1. The molecule has 0 amide bonds. The minimum Gasteiger partial charge on any atom is -0.480 e. The highest BCUT2D eigenvalue weighted by molar-refractivity contribution is 6.32. The van der Waals surface area contributed by atoms with Crippen LogP contribution in [0.25, 0.3) is 10.9 Å². The third-order valence-corrected chi connectivity index (χ3v) is 7.90. The Morgan fingerprint density at radius 2 is 1.62 bits per heavy atom. The average Bonchev–Trinajstić information content (AvgIpc) is 3.10. The van der Waals surface area contributed by atoms with E-state index in [9.17, 15) is 9.59 Å². The van der Waals surface area contributed by atoms with Crippen molar-refractivity contribution in [3.05, 3.63) is 45.8 Å². The molecule has 0 saturated carbocycles. The van der Waals surface area contributed by atoms with Crippen LogP contribution in [-0.4, -0.2) is 117 Å². The third-order valence-electron chi connectivity index (χ3n) is 7.63. The lowest BCUT2D eigenvalue weighted by atomic mass is 10.1. The molecule has 3 heterocycles. The number of aliphatic hydroxyl groups excluding tert-OH is 1. The highest BCUT2D eigenvalue weighted by Crippen LogP contribution is 2.28. The Bertz CT molecular complexity index is 1500. The summed E-state index contributed by atoms with van der Waals surface area (Å²) in [4.78, 5) is 35.7. The first-order valence-corrected chi connectivity index (χ1v) is 16.6. The number of hydrogen-bond donors (Lipinski definition) is 2. The SMILES string of the molecule is CCC(=O)COc1cc2cc(Nc3nc(N4CCC(OCCOCCOCCOCCOCCO)CC4)ncc3Cl)ccc2n(C)c1=O. The predicted octanol–water partition coefficient (Wildman–Crippen LogP) is 3.13. The third kappa shape index (κ3) is 11.7. The number of carbonyl (C=O) groups is 1. The minimum absolute atomic E-state index is 0.0138. The van der Waals surface area contributed by atoms with E-state index in [1.807, 2.05) is 18.2 Å². The minimum atomic E-state index is -0.309. The number of aliphatic hydroxyl groups is 1. The Balaban J connectivity index is 1.18. The van der Waals surface area contributed by atoms with E-state index in [-0.39, 0.29) is 36.4 Å². The topological polar surface area (TPSA) is 156 Å². The number of aromatic nitrogens is 3. The molecule has 1 saturated heterocycles. The van der Waals surface area contributed by atoms with Gasteiger partial charge in [0.15, 0.2) is 17.4 Å². The number of ether oxygens (including phenoxy) is 6. The standard InChI is InChI=1S/C33H46ClN5O9/c1-3-26(41)23-48-30-21-24-20-25(4-5-29(24)38(2)32(30)42)36-31-28(34)22-35-33(37-31)39-8-6-27(7-9-39)47-19-18-46-17-16-45-15-14-44-13-12-43-11-10-40/h4-5,20-22,27,40H,3,6-19,23H2,1-2H3,(H,35,36,37). The zero-order chi connectivity index (χ0) is 34.1. The molecule has 1 aliphatic rings. The lowest BCUT2D eigenvalue weighted by Crippen LogP contribution is -2.38. The van der Waals surface area contributed by atoms with Crippen LogP contribution in [0.4, 0.5) is 17.5 Å². The molecule has 2 aromatic heterocycles. The molecule has 15 heteroatoms. The van der Waals surface area contributed by atoms with Gasteiger partial charge in [-0.2, -0.15) is 4.98 Å². The van der Waals surface area contributed by atoms with Gasteiger partial charge in [0, 0.05) is 37.6 Å². The van der Waals surface area contributed by atoms with Gasteiger partial charge in [-0.25, -0.2) is 4.98 Å². The number of nitrogens with zero attached hydrogens (tertiary/aromatic N) is 4. The van der Waals surface area contributed by atoms with Crippen molar-refractivity contribution in [2.45, 2.75) is 32.3 Å². The van der Waals surface area contributed by atoms with Gasteiger partial charge >= 0.3 is 0 Å². The zero-order valence-corrected chi connectivity index (χ0v) is 28.4. The van der Waals surface area contributed by atoms with E-state index in [1.54, 1.807) is 26.2 Å². The second kappa shape index (κ2) is 20.2. The summed E-state index contributed by atoms with van der Waals surface area (Å²) >= 11 is 6.47. The van der Waals surface area contributed by atoms with Crippen molar-refractivity contribution in [1.82, 2.24) is 14.5 Å². The normalized spacial score (nSPS) is 13.7. The molecule has 1 aromatic carbocycles. The molecule has 3 aromatic rings. The largest absolute Gasteiger partial charge is 0.480 e. The van der Waals surface area contributed by atoms with Crippen molar-refractivity contribution in [3.8, 4) is 5.75 Å². The predicted molar refractivity (Wildman–Crippen MR) is 182 cm³/mol. The number of benzene rings is 1. The molecule has 0 spiro atoms. The Labute approximate surface area is 285 Å². The van der Waals surface area contributed by atoms with Gasteiger partial charge < -0.3 is 48.3 Å². The van der Waals surface area contributed by atoms with Crippen molar-refractivity contribution in [1.29, 1.82) is 0 Å². The van der Waals surface area contributed by atoms with E-state index in [0.717, 1.165) is 42.5 Å². The summed E-state index contributed by atoms with van der Waals surface area (Å²) in [5, 5.41) is 13.0. The molecular formula is C33H46ClN5O9. The summed E-state index contributed by atoms with van der Waals surface area (Å²) in [5.41, 5.74) is 1.13. The van der Waals surface area contributed by atoms with E-state index in [2.05, 4.69) is 15.2 Å². The van der Waals surface area contributed by atoms with Crippen LogP contribution < -0.4 is 20.5 Å². The molecule has 1 aliphatic heterocycles. The van der Waals surface area contributed by atoms with Crippen LogP contribution in [0.1, 0.15) is 26.2 Å². The fourth-order valence-corrected chi connectivity index (χ4v) is 5.09. The van der Waals surface area contributed by atoms with Crippen LogP contribution in [0.5, 0.6) is 5.75 Å². The number of anilines is 3. The van der Waals surface area contributed by atoms with Crippen LogP contribution in [0, 0.1) is 0 Å². The number of Topliss-reactive ketones (excluding diaryl/α,β-unsaturated/α-hetero) is 1. The number of carbonyl (C=O) groups excluding carboxylic acids is 1. The fraction of sp³-hybridized carbons (Fsp3) is 0.576. The average molecular weight is 692 g/mol. The van der Waals surface area contributed by atoms with E-state index in [0.29, 0.717) is 82.7 Å². The number of aryl methyl sites for hydroxylation is 1. The molecule has 0 unspecified atom stereocenters. The Kier molecular flexibility index (Phi) is 15.8. The summed E-state index contributed by atoms with van der Waals surface area (Å²) in [6.07, 6.45) is 3.72. The monoisotopic (exact) mass is 691 g/mol. The molecule has 2 N–H and O–H groups in total. The van der Waals surface area contributed by atoms with E-state index >= 15 is 0 Å². The first kappa shape index (κ1) is 37.4. The number of pyridine rings is 1. The second-order valence-electron chi connectivity index (χ2n) is 11.0. The van der Waals surface area contributed by atoms with Gasteiger partial charge in [-0.15, -0.1) is 0 Å². The maximum absolute atomic E-state index is 12.7. The molecule has 0 aliphatic carbocycles. The van der Waals surface area contributed by atoms with Gasteiger partial charge in [0.25, 0.3) is 5.56 Å². The van der Waals surface area contributed by atoms with Gasteiger partial charge in [-0.1, -0.05) is 18.5 Å². The van der Waals surface area contributed by atoms with Gasteiger partial charge in [0.1, 0.15) is 11.6 Å². The van der Waals surface area contributed by atoms with Crippen molar-refractivity contribution < 1.29 is 38.3 Å². The number of fused-ring (bicyclic) bond motifs is 1. The van der Waals surface area contributed by atoms with Gasteiger partial charge in [-0.05, 0) is 37.1 Å². The van der Waals surface area contributed by atoms with Gasteiger partial charge in [-0.3, -0.25) is 9.59 Å². The molecular weight excluding hydrogens is 646 g/mol. The Morgan fingerprint density at radius 1 is 0.979 bits per heavy atom. The number of halogens is 1. The fourth-order valence-electron chi connectivity index (χ4n) is 4.95. The lowest BCUT2D eigenvalue weighted by Gasteiger charge is -2.32. The van der Waals surface area contributed by atoms with Gasteiger partial charge in [0.05, 0.1) is 83.9 Å². The van der Waals surface area contributed by atoms with Crippen LogP contribution >= 0.6 is 11.6 Å². The highest BCUT2D eigenvalue weighted by atomic mass is 35.5. The number of hydrogen-bond acceptors (Lipinski definition) is 13. The van der Waals surface area contributed by atoms with Crippen LogP contribution in [0.2, 0.25) is 5.02 Å². The van der Waals surface area contributed by atoms with Crippen LogP contribution in [-0.2, 0) is 35.5 Å². The first-order valence-electron chi connectivity index (χ1n) is 16.3. The molecule has 0 atom stereocenters. The number of rotatable bonds is 22. The summed E-state index contributed by atoms with van der Waals surface area (Å²) in [5.74, 6) is 1.07. The Hall–Kier alpha value is -3.37. The van der Waals surface area contributed by atoms with E-state index in [4.69, 9.17) is 50.1 Å².